The average molecular weight is 1050 g/mol. The van der Waals surface area contributed by atoms with Crippen molar-refractivity contribution in [2.45, 2.75) is 21.8 Å². The molecule has 376 valence electrons. The largest absolute Gasteiger partial charge is 0.376 e. The monoisotopic (exact) mass is 1050 g/mol. The highest BCUT2D eigenvalue weighted by molar-refractivity contribution is 6.31. The van der Waals surface area contributed by atoms with Crippen LogP contribution in [0.1, 0.15) is 83.5 Å². The van der Waals surface area contributed by atoms with E-state index in [4.69, 9.17) is 23.2 Å². The van der Waals surface area contributed by atoms with E-state index in [2.05, 4.69) is 255 Å². The molecule has 0 radical (unpaired) electrons. The molecule has 12 aromatic rings. The summed E-state index contributed by atoms with van der Waals surface area (Å²) in [5.74, 6) is 0. The van der Waals surface area contributed by atoms with E-state index in [-0.39, 0.29) is 0 Å². The number of fused-ring (bicyclic) bond motifs is 11. The van der Waals surface area contributed by atoms with Gasteiger partial charge in [0.2, 0.25) is 0 Å². The van der Waals surface area contributed by atoms with Gasteiger partial charge >= 0.3 is 0 Å². The van der Waals surface area contributed by atoms with Crippen molar-refractivity contribution in [1.29, 1.82) is 0 Å². The van der Waals surface area contributed by atoms with Crippen molar-refractivity contribution in [3.05, 3.63) is 403 Å². The molecule has 3 aliphatic rings. The zero-order valence-corrected chi connectivity index (χ0v) is 44.7. The summed E-state index contributed by atoms with van der Waals surface area (Å²) in [5.41, 5.74) is 19.0. The second-order valence-corrected chi connectivity index (χ2v) is 21.8. The van der Waals surface area contributed by atoms with Gasteiger partial charge in [0.1, 0.15) is 5.60 Å². The van der Waals surface area contributed by atoms with Gasteiger partial charge in [-0.05, 0) is 124 Å². The van der Waals surface area contributed by atoms with Crippen LogP contribution in [0.2, 0.25) is 10.0 Å². The van der Waals surface area contributed by atoms with Crippen LogP contribution in [0.25, 0.3) is 22.3 Å². The fourth-order valence-electron chi connectivity index (χ4n) is 14.2. The molecule has 0 aliphatic heterocycles. The van der Waals surface area contributed by atoms with E-state index < -0.39 is 21.8 Å². The molecule has 15 rings (SSSR count). The fourth-order valence-corrected chi connectivity index (χ4v) is 14.5. The Labute approximate surface area is 472 Å². The summed E-state index contributed by atoms with van der Waals surface area (Å²) < 4.78 is 0. The van der Waals surface area contributed by atoms with Crippen LogP contribution in [0, 0.1) is 0 Å². The normalized spacial score (nSPS) is 14.9. The smallest absolute Gasteiger partial charge is 0.141 e. The van der Waals surface area contributed by atoms with Gasteiger partial charge < -0.3 is 5.11 Å². The lowest BCUT2D eigenvalue weighted by Gasteiger charge is -2.50. The number of hydrogen-bond acceptors (Lipinski definition) is 1. The molecular weight excluding hydrogens is 1000 g/mol. The van der Waals surface area contributed by atoms with E-state index in [1.54, 1.807) is 0 Å². The van der Waals surface area contributed by atoms with Crippen molar-refractivity contribution in [2.75, 3.05) is 0 Å². The van der Waals surface area contributed by atoms with Crippen LogP contribution in [0.4, 0.5) is 0 Å². The van der Waals surface area contributed by atoms with E-state index in [9.17, 15) is 5.11 Å². The van der Waals surface area contributed by atoms with Crippen LogP contribution in [0.3, 0.4) is 0 Å². The Kier molecular flexibility index (Phi) is 11.8. The summed E-state index contributed by atoms with van der Waals surface area (Å²) >= 11 is 13.0. The van der Waals surface area contributed by atoms with E-state index >= 15 is 0 Å². The lowest BCUT2D eigenvalue weighted by molar-refractivity contribution is 0.119. The Hall–Kier alpha value is -8.82. The van der Waals surface area contributed by atoms with Crippen LogP contribution in [-0.4, -0.2) is 5.11 Å². The van der Waals surface area contributed by atoms with Crippen molar-refractivity contribution in [3.8, 4) is 22.3 Å². The van der Waals surface area contributed by atoms with E-state index in [0.717, 1.165) is 55.1 Å². The molecule has 0 saturated heterocycles. The summed E-state index contributed by atoms with van der Waals surface area (Å²) in [4.78, 5) is 0. The number of rotatable bonds is 6. The molecule has 12 aromatic carbocycles. The maximum atomic E-state index is 13.2. The van der Waals surface area contributed by atoms with Gasteiger partial charge in [-0.3, -0.25) is 0 Å². The molecule has 3 heteroatoms. The Morgan fingerprint density at radius 1 is 0.215 bits per heavy atom. The van der Waals surface area contributed by atoms with Gasteiger partial charge in [0.25, 0.3) is 0 Å². The molecule has 1 nitrogen and oxygen atoms in total. The van der Waals surface area contributed by atoms with Crippen LogP contribution in [-0.2, 0) is 21.8 Å². The van der Waals surface area contributed by atoms with Gasteiger partial charge in [-0.15, -0.1) is 0 Å². The predicted octanol–water partition coefficient (Wildman–Crippen LogP) is 18.4. The lowest BCUT2D eigenvalue weighted by Crippen LogP contribution is -2.45. The average Bonchev–Trinajstić information content (AvgIpc) is 3.22. The first-order valence-electron chi connectivity index (χ1n) is 27.0. The third-order valence-corrected chi connectivity index (χ3v) is 17.7. The second-order valence-electron chi connectivity index (χ2n) is 20.9. The van der Waals surface area contributed by atoms with Gasteiger partial charge in [0.15, 0.2) is 0 Å². The summed E-state index contributed by atoms with van der Waals surface area (Å²) in [6.07, 6.45) is 0. The zero-order valence-electron chi connectivity index (χ0n) is 43.1. The van der Waals surface area contributed by atoms with Crippen molar-refractivity contribution in [2.24, 2.45) is 0 Å². The molecular formula is C76H52Cl2O. The minimum atomic E-state index is -1.39. The highest BCUT2D eigenvalue weighted by atomic mass is 35.5. The molecule has 0 fully saturated rings. The van der Waals surface area contributed by atoms with Gasteiger partial charge in [-0.25, -0.2) is 0 Å². The number of aliphatic hydroxyl groups is 1. The summed E-state index contributed by atoms with van der Waals surface area (Å²) in [6, 6.07) is 110. The number of benzene rings is 12. The molecule has 0 saturated carbocycles. The molecule has 0 amide bonds. The van der Waals surface area contributed by atoms with E-state index in [0.29, 0.717) is 5.02 Å². The Morgan fingerprint density at radius 3 is 0.924 bits per heavy atom. The number of hydrogen-bond donors (Lipinski definition) is 1. The molecule has 79 heavy (non-hydrogen) atoms. The molecule has 0 atom stereocenters. The molecule has 3 aliphatic carbocycles. The first-order chi connectivity index (χ1) is 38.9. The molecule has 0 aromatic heterocycles. The summed E-state index contributed by atoms with van der Waals surface area (Å²) in [6.45, 7) is 0. The molecule has 0 bridgehead atoms. The summed E-state index contributed by atoms with van der Waals surface area (Å²) in [5, 5.41) is 14.7. The van der Waals surface area contributed by atoms with Crippen molar-refractivity contribution >= 4 is 23.2 Å². The maximum Gasteiger partial charge on any atom is 0.141 e. The van der Waals surface area contributed by atoms with Crippen molar-refractivity contribution in [1.82, 2.24) is 0 Å². The van der Waals surface area contributed by atoms with Crippen LogP contribution in [0.5, 0.6) is 0 Å². The van der Waals surface area contributed by atoms with Gasteiger partial charge in [-0.1, -0.05) is 308 Å². The fraction of sp³-hybridized carbons (Fsp3) is 0.0526. The van der Waals surface area contributed by atoms with Crippen LogP contribution in [0.15, 0.2) is 309 Å². The van der Waals surface area contributed by atoms with Gasteiger partial charge in [-0.2, -0.15) is 0 Å². The van der Waals surface area contributed by atoms with Crippen LogP contribution >= 0.6 is 23.2 Å². The first-order valence-corrected chi connectivity index (χ1v) is 27.8. The van der Waals surface area contributed by atoms with Crippen LogP contribution < -0.4 is 0 Å². The lowest BCUT2D eigenvalue weighted by atomic mass is 9.51. The van der Waals surface area contributed by atoms with Gasteiger partial charge in [0.05, 0.1) is 16.2 Å². The Balaban J connectivity index is 0.000000143. The molecule has 1 N–H and O–H groups in total. The van der Waals surface area contributed by atoms with E-state index in [1.807, 2.05) is 54.6 Å². The topological polar surface area (TPSA) is 20.2 Å². The third-order valence-electron chi connectivity index (χ3n) is 17.2. The Morgan fingerprint density at radius 2 is 0.506 bits per heavy atom. The predicted molar refractivity (Wildman–Crippen MR) is 324 cm³/mol. The quantitative estimate of drug-likeness (QED) is 0.176. The zero-order chi connectivity index (χ0) is 53.2. The minimum Gasteiger partial charge on any atom is -0.376 e. The maximum absolute atomic E-state index is 13.2. The molecule has 0 unspecified atom stereocenters. The standard InChI is InChI=1S/C38H27ClO.C38H25Cl/c39-30-25-23-27(24-26-30)31-17-7-8-18-32(31)38(40)35-21-11-9-19-33(35)37(28-13-3-1-4-14-28,29-15-5-2-6-16-29)34-20-10-12-22-36(34)38;39-28-23-24-30-29-17-7-8-18-31(29)38(36(30)25-28)34-21-11-9-19-32(34)37(26-13-3-1-4-14-26,27-15-5-2-6-16-27)33-20-10-12-22-35(33)38/h1-26,40H;1-25H. The highest BCUT2D eigenvalue weighted by Gasteiger charge is 2.57. The molecule has 1 spiro atoms. The molecule has 0 heterocycles. The minimum absolute atomic E-state index is 0.475. The number of halogens is 2. The summed E-state index contributed by atoms with van der Waals surface area (Å²) in [7, 11) is 0. The highest BCUT2D eigenvalue weighted by Crippen LogP contribution is 2.65. The SMILES string of the molecule is Clc1ccc2c(c1)C1(c3ccccc3-2)c2ccccc2C(c2ccccc2)(c2ccccc2)c2ccccc21.OC1(c2ccccc2-c2ccc(Cl)cc2)c2ccccc2C(c2ccccc2)(c2ccccc2)c2ccccc21. The van der Waals surface area contributed by atoms with Crippen molar-refractivity contribution < 1.29 is 5.11 Å². The third kappa shape index (κ3) is 7.07. The van der Waals surface area contributed by atoms with E-state index in [1.165, 1.54) is 55.6 Å². The Bertz CT molecular complexity index is 4050. The van der Waals surface area contributed by atoms with Gasteiger partial charge in [0, 0.05) is 15.6 Å². The first kappa shape index (κ1) is 48.5. The second kappa shape index (κ2) is 19.3. The van der Waals surface area contributed by atoms with Crippen molar-refractivity contribution in [3.63, 3.8) is 0 Å².